The van der Waals surface area contributed by atoms with Crippen molar-refractivity contribution in [1.82, 2.24) is 10.6 Å². The van der Waals surface area contributed by atoms with Crippen LogP contribution in [0.5, 0.6) is 0 Å². The van der Waals surface area contributed by atoms with E-state index in [1.165, 1.54) is 6.07 Å². The van der Waals surface area contributed by atoms with Crippen LogP contribution >= 0.6 is 11.6 Å². The standard InChI is InChI=1S/C12H16ClFN2O/c1-3-15-12(17)8(2)16-7-9-5-4-6-10(13)11(9)14/h4-6,8,16H,3,7H2,1-2H3,(H,15,17). The molecule has 1 unspecified atom stereocenters. The zero-order valence-electron chi connectivity index (χ0n) is 9.89. The second-order valence-corrected chi connectivity index (χ2v) is 4.12. The van der Waals surface area contributed by atoms with Crippen molar-refractivity contribution < 1.29 is 9.18 Å². The maximum absolute atomic E-state index is 13.5. The van der Waals surface area contributed by atoms with E-state index in [2.05, 4.69) is 10.6 Å². The lowest BCUT2D eigenvalue weighted by Crippen LogP contribution is -2.41. The van der Waals surface area contributed by atoms with Crippen molar-refractivity contribution in [3.05, 3.63) is 34.6 Å². The molecule has 0 saturated heterocycles. The first-order valence-electron chi connectivity index (χ1n) is 5.50. The molecule has 0 aliphatic carbocycles. The molecule has 1 rings (SSSR count). The summed E-state index contributed by atoms with van der Waals surface area (Å²) < 4.78 is 13.5. The second-order valence-electron chi connectivity index (χ2n) is 3.71. The lowest BCUT2D eigenvalue weighted by Gasteiger charge is -2.13. The summed E-state index contributed by atoms with van der Waals surface area (Å²) in [5, 5.41) is 5.72. The van der Waals surface area contributed by atoms with Crippen LogP contribution in [0.4, 0.5) is 4.39 Å². The lowest BCUT2D eigenvalue weighted by atomic mass is 10.2. The summed E-state index contributed by atoms with van der Waals surface area (Å²) >= 11 is 5.66. The molecule has 1 atom stereocenters. The minimum atomic E-state index is -0.440. The highest BCUT2D eigenvalue weighted by molar-refractivity contribution is 6.30. The number of halogens is 2. The first kappa shape index (κ1) is 13.9. The maximum atomic E-state index is 13.5. The lowest BCUT2D eigenvalue weighted by molar-refractivity contribution is -0.122. The molecule has 0 radical (unpaired) electrons. The van der Waals surface area contributed by atoms with Gasteiger partial charge in [-0.1, -0.05) is 23.7 Å². The van der Waals surface area contributed by atoms with Crippen LogP contribution < -0.4 is 10.6 Å². The van der Waals surface area contributed by atoms with Gasteiger partial charge in [0.25, 0.3) is 0 Å². The van der Waals surface area contributed by atoms with Gasteiger partial charge in [-0.3, -0.25) is 4.79 Å². The Morgan fingerprint density at radius 2 is 2.24 bits per heavy atom. The number of carbonyl (C=O) groups excluding carboxylic acids is 1. The molecule has 0 bridgehead atoms. The molecule has 3 nitrogen and oxygen atoms in total. The minimum Gasteiger partial charge on any atom is -0.355 e. The Morgan fingerprint density at radius 3 is 2.88 bits per heavy atom. The molecule has 17 heavy (non-hydrogen) atoms. The monoisotopic (exact) mass is 258 g/mol. The van der Waals surface area contributed by atoms with Crippen molar-refractivity contribution in [2.75, 3.05) is 6.54 Å². The molecule has 1 aromatic rings. The first-order valence-corrected chi connectivity index (χ1v) is 5.88. The summed E-state index contributed by atoms with van der Waals surface area (Å²) in [6.45, 7) is 4.43. The highest BCUT2D eigenvalue weighted by Gasteiger charge is 2.12. The number of amides is 1. The Balaban J connectivity index is 2.56. The fraction of sp³-hybridized carbons (Fsp3) is 0.417. The Labute approximate surface area is 105 Å². The van der Waals surface area contributed by atoms with E-state index in [0.717, 1.165) is 0 Å². The van der Waals surface area contributed by atoms with Crippen LogP contribution in [0.15, 0.2) is 18.2 Å². The van der Waals surface area contributed by atoms with Crippen molar-refractivity contribution in [1.29, 1.82) is 0 Å². The number of likely N-dealkylation sites (N-methyl/N-ethyl adjacent to an activating group) is 1. The zero-order chi connectivity index (χ0) is 12.8. The Kier molecular flexibility index (Phi) is 5.38. The summed E-state index contributed by atoms with van der Waals surface area (Å²) in [7, 11) is 0. The van der Waals surface area contributed by atoms with Crippen LogP contribution in [0, 0.1) is 5.82 Å². The number of carbonyl (C=O) groups is 1. The van der Waals surface area contributed by atoms with Crippen LogP contribution in [0.3, 0.4) is 0 Å². The summed E-state index contributed by atoms with van der Waals surface area (Å²) in [5.74, 6) is -0.542. The quantitative estimate of drug-likeness (QED) is 0.849. The SMILES string of the molecule is CCNC(=O)C(C)NCc1cccc(Cl)c1F. The number of hydrogen-bond acceptors (Lipinski definition) is 2. The van der Waals surface area contributed by atoms with Gasteiger partial charge >= 0.3 is 0 Å². The fourth-order valence-corrected chi connectivity index (χ4v) is 1.56. The van der Waals surface area contributed by atoms with Gasteiger partial charge in [-0.2, -0.15) is 0 Å². The van der Waals surface area contributed by atoms with Crippen LogP contribution in [0.2, 0.25) is 5.02 Å². The van der Waals surface area contributed by atoms with E-state index in [4.69, 9.17) is 11.6 Å². The molecular weight excluding hydrogens is 243 g/mol. The molecule has 94 valence electrons. The molecule has 2 N–H and O–H groups in total. The van der Waals surface area contributed by atoms with E-state index in [0.29, 0.717) is 12.1 Å². The van der Waals surface area contributed by atoms with E-state index < -0.39 is 5.82 Å². The summed E-state index contributed by atoms with van der Waals surface area (Å²) in [6.07, 6.45) is 0. The van der Waals surface area contributed by atoms with Gasteiger partial charge in [0.15, 0.2) is 0 Å². The third kappa shape index (κ3) is 3.98. The number of hydrogen-bond donors (Lipinski definition) is 2. The van der Waals surface area contributed by atoms with Crippen LogP contribution in [0.1, 0.15) is 19.4 Å². The molecule has 0 saturated carbocycles. The van der Waals surface area contributed by atoms with Crippen molar-refractivity contribution in [2.24, 2.45) is 0 Å². The van der Waals surface area contributed by atoms with Crippen molar-refractivity contribution in [3.63, 3.8) is 0 Å². The first-order chi connectivity index (χ1) is 8.06. The van der Waals surface area contributed by atoms with Crippen LogP contribution in [0.25, 0.3) is 0 Å². The van der Waals surface area contributed by atoms with E-state index in [1.807, 2.05) is 6.92 Å². The number of rotatable bonds is 5. The minimum absolute atomic E-state index is 0.0926. The Morgan fingerprint density at radius 1 is 1.53 bits per heavy atom. The van der Waals surface area contributed by atoms with E-state index in [9.17, 15) is 9.18 Å². The van der Waals surface area contributed by atoms with Crippen molar-refractivity contribution in [2.45, 2.75) is 26.4 Å². The molecule has 0 heterocycles. The van der Waals surface area contributed by atoms with Crippen LogP contribution in [-0.4, -0.2) is 18.5 Å². The Hall–Kier alpha value is -1.13. The highest BCUT2D eigenvalue weighted by Crippen LogP contribution is 2.17. The molecule has 0 aliphatic rings. The number of nitrogens with one attached hydrogen (secondary N) is 2. The topological polar surface area (TPSA) is 41.1 Å². The van der Waals surface area contributed by atoms with Gasteiger partial charge in [0, 0.05) is 18.7 Å². The molecule has 1 aromatic carbocycles. The zero-order valence-corrected chi connectivity index (χ0v) is 10.6. The molecule has 0 aliphatic heterocycles. The van der Waals surface area contributed by atoms with Crippen molar-refractivity contribution >= 4 is 17.5 Å². The van der Waals surface area contributed by atoms with Crippen molar-refractivity contribution in [3.8, 4) is 0 Å². The summed E-state index contributed by atoms with van der Waals surface area (Å²) in [4.78, 5) is 11.4. The van der Waals surface area contributed by atoms with Gasteiger partial charge in [-0.15, -0.1) is 0 Å². The highest BCUT2D eigenvalue weighted by atomic mass is 35.5. The number of benzene rings is 1. The third-order valence-corrected chi connectivity index (χ3v) is 2.67. The molecule has 1 amide bonds. The van der Waals surface area contributed by atoms with E-state index in [1.54, 1.807) is 19.1 Å². The van der Waals surface area contributed by atoms with E-state index >= 15 is 0 Å². The molecule has 5 heteroatoms. The second kappa shape index (κ2) is 6.57. The molecule has 0 spiro atoms. The van der Waals surface area contributed by atoms with E-state index in [-0.39, 0.29) is 23.5 Å². The van der Waals surface area contributed by atoms with Gasteiger partial charge < -0.3 is 10.6 Å². The maximum Gasteiger partial charge on any atom is 0.236 e. The molecular formula is C12H16ClFN2O. The summed E-state index contributed by atoms with van der Waals surface area (Å²) in [6, 6.07) is 4.44. The van der Waals surface area contributed by atoms with Gasteiger partial charge in [0.05, 0.1) is 11.1 Å². The fourth-order valence-electron chi connectivity index (χ4n) is 1.37. The average molecular weight is 259 g/mol. The van der Waals surface area contributed by atoms with Crippen LogP contribution in [-0.2, 0) is 11.3 Å². The van der Waals surface area contributed by atoms with Gasteiger partial charge in [0.1, 0.15) is 5.82 Å². The predicted molar refractivity (Wildman–Crippen MR) is 66.4 cm³/mol. The summed E-state index contributed by atoms with van der Waals surface area (Å²) in [5.41, 5.74) is 0.452. The van der Waals surface area contributed by atoms with Gasteiger partial charge in [-0.05, 0) is 19.9 Å². The molecule has 0 aromatic heterocycles. The van der Waals surface area contributed by atoms with Gasteiger partial charge in [0.2, 0.25) is 5.91 Å². The van der Waals surface area contributed by atoms with Gasteiger partial charge in [-0.25, -0.2) is 4.39 Å². The largest absolute Gasteiger partial charge is 0.355 e. The predicted octanol–water partition coefficient (Wildman–Crippen LogP) is 2.09. The Bertz CT molecular complexity index is 398. The third-order valence-electron chi connectivity index (χ3n) is 2.37. The normalized spacial score (nSPS) is 12.2. The average Bonchev–Trinajstić information content (AvgIpc) is 2.31. The molecule has 0 fully saturated rings. The smallest absolute Gasteiger partial charge is 0.236 e.